The maximum absolute atomic E-state index is 12.6. The third-order valence-electron chi connectivity index (χ3n) is 3.98. The molecule has 0 bridgehead atoms. The first-order valence-corrected chi connectivity index (χ1v) is 10.1. The van der Waals surface area contributed by atoms with Crippen LogP contribution in [0.3, 0.4) is 0 Å². The van der Waals surface area contributed by atoms with Crippen molar-refractivity contribution in [3.8, 4) is 11.5 Å². The molecule has 0 aliphatic heterocycles. The van der Waals surface area contributed by atoms with Crippen molar-refractivity contribution in [1.29, 1.82) is 0 Å². The maximum Gasteiger partial charge on any atom is 0.243 e. The van der Waals surface area contributed by atoms with Crippen LogP contribution < -0.4 is 15.2 Å². The lowest BCUT2D eigenvalue weighted by atomic mass is 10.2. The summed E-state index contributed by atoms with van der Waals surface area (Å²) >= 11 is 0. The molecular weight excluding hydrogens is 400 g/mol. The van der Waals surface area contributed by atoms with Gasteiger partial charge in [0.2, 0.25) is 10.0 Å². The van der Waals surface area contributed by atoms with E-state index in [1.165, 1.54) is 38.5 Å². The summed E-state index contributed by atoms with van der Waals surface area (Å²) in [4.78, 5) is 0.0186. The van der Waals surface area contributed by atoms with Crippen LogP contribution in [0, 0.1) is 0 Å². The molecule has 0 heterocycles. The van der Waals surface area contributed by atoms with E-state index in [1.807, 2.05) is 0 Å². The predicted octanol–water partition coefficient (Wildman–Crippen LogP) is 1.68. The minimum absolute atomic E-state index is 0.0186. The predicted molar refractivity (Wildman–Crippen MR) is 108 cm³/mol. The molecule has 2 aromatic carbocycles. The van der Waals surface area contributed by atoms with Crippen molar-refractivity contribution in [3.63, 3.8) is 0 Å². The zero-order valence-corrected chi connectivity index (χ0v) is 17.0. The molecule has 0 saturated carbocycles. The molecule has 2 rings (SSSR count). The number of benzene rings is 2. The van der Waals surface area contributed by atoms with Crippen LogP contribution in [-0.2, 0) is 10.0 Å². The molecule has 158 valence electrons. The molecule has 29 heavy (non-hydrogen) atoms. The van der Waals surface area contributed by atoms with Crippen LogP contribution in [0.5, 0.6) is 11.5 Å². The van der Waals surface area contributed by atoms with E-state index in [-0.39, 0.29) is 31.2 Å². The number of nitrogens with two attached hydrogens (primary N) is 1. The summed E-state index contributed by atoms with van der Waals surface area (Å²) < 4.78 is 36.6. The maximum atomic E-state index is 12.6. The lowest BCUT2D eigenvalue weighted by molar-refractivity contribution is 0.217. The topological polar surface area (TPSA) is 147 Å². The highest BCUT2D eigenvalue weighted by molar-refractivity contribution is 7.89. The Morgan fingerprint density at radius 2 is 1.55 bits per heavy atom. The number of aliphatic hydroxyl groups is 2. The van der Waals surface area contributed by atoms with Crippen LogP contribution in [0.1, 0.15) is 0 Å². The fraction of sp³-hybridized carbons (Fsp3) is 0.333. The Morgan fingerprint density at radius 1 is 0.966 bits per heavy atom. The van der Waals surface area contributed by atoms with E-state index in [0.29, 0.717) is 28.6 Å². The number of aliphatic hydroxyl groups excluding tert-OH is 2. The van der Waals surface area contributed by atoms with Gasteiger partial charge in [0.25, 0.3) is 0 Å². The van der Waals surface area contributed by atoms with E-state index in [2.05, 4.69) is 10.2 Å². The Hall–Kier alpha value is -2.73. The van der Waals surface area contributed by atoms with E-state index in [1.54, 1.807) is 12.1 Å². The molecule has 0 radical (unpaired) electrons. The van der Waals surface area contributed by atoms with Crippen molar-refractivity contribution in [2.45, 2.75) is 4.90 Å². The molecule has 0 aliphatic carbocycles. The first kappa shape index (κ1) is 22.6. The summed E-state index contributed by atoms with van der Waals surface area (Å²) in [6, 6.07) is 8.90. The Kier molecular flexibility index (Phi) is 7.91. The lowest BCUT2D eigenvalue weighted by Gasteiger charge is -2.20. The summed E-state index contributed by atoms with van der Waals surface area (Å²) in [6.45, 7) is -0.914. The van der Waals surface area contributed by atoms with Gasteiger partial charge in [-0.1, -0.05) is 0 Å². The number of anilines is 1. The lowest BCUT2D eigenvalue weighted by Crippen LogP contribution is -2.35. The number of methoxy groups -OCH3 is 2. The van der Waals surface area contributed by atoms with Gasteiger partial charge in [-0.2, -0.15) is 9.42 Å². The molecule has 0 atom stereocenters. The van der Waals surface area contributed by atoms with Gasteiger partial charge in [-0.25, -0.2) is 8.42 Å². The van der Waals surface area contributed by atoms with Gasteiger partial charge in [-0.05, 0) is 24.3 Å². The van der Waals surface area contributed by atoms with Gasteiger partial charge in [0.1, 0.15) is 17.2 Å². The van der Waals surface area contributed by atoms with E-state index in [4.69, 9.17) is 25.4 Å². The quantitative estimate of drug-likeness (QED) is 0.388. The number of hydrogen-bond acceptors (Lipinski definition) is 9. The Morgan fingerprint density at radius 3 is 2.07 bits per heavy atom. The summed E-state index contributed by atoms with van der Waals surface area (Å²) in [5, 5.41) is 26.3. The fourth-order valence-electron chi connectivity index (χ4n) is 2.50. The average molecular weight is 424 g/mol. The number of ether oxygens (including phenoxy) is 2. The zero-order valence-electron chi connectivity index (χ0n) is 16.1. The van der Waals surface area contributed by atoms with Gasteiger partial charge < -0.3 is 25.4 Å². The van der Waals surface area contributed by atoms with Crippen molar-refractivity contribution in [2.24, 2.45) is 10.2 Å². The molecule has 0 saturated heterocycles. The standard InChI is InChI=1S/C18H24N4O6S/c1-27-17-12-16(18(28-2)11-15(17)19)21-20-13-3-5-14(6-4-13)29(25,26)22(7-9-23)8-10-24/h3-6,11-12,23-24H,7-10,19H2,1-2H3. The second-order valence-electron chi connectivity index (χ2n) is 5.81. The number of hydrogen-bond donors (Lipinski definition) is 3. The van der Waals surface area contributed by atoms with Crippen LogP contribution in [0.25, 0.3) is 0 Å². The van der Waals surface area contributed by atoms with Gasteiger partial charge in [0.15, 0.2) is 0 Å². The van der Waals surface area contributed by atoms with Gasteiger partial charge >= 0.3 is 0 Å². The van der Waals surface area contributed by atoms with Crippen molar-refractivity contribution >= 4 is 27.1 Å². The monoisotopic (exact) mass is 424 g/mol. The van der Waals surface area contributed by atoms with E-state index in [9.17, 15) is 8.42 Å². The number of rotatable bonds is 10. The van der Waals surface area contributed by atoms with Crippen molar-refractivity contribution < 1.29 is 28.1 Å². The van der Waals surface area contributed by atoms with E-state index < -0.39 is 10.0 Å². The number of sulfonamides is 1. The highest BCUT2D eigenvalue weighted by atomic mass is 32.2. The summed E-state index contributed by atoms with van der Waals surface area (Å²) in [5.74, 6) is 0.837. The molecule has 0 amide bonds. The average Bonchev–Trinajstić information content (AvgIpc) is 2.72. The Balaban J connectivity index is 2.27. The molecule has 0 aromatic heterocycles. The van der Waals surface area contributed by atoms with Crippen molar-refractivity contribution in [2.75, 3.05) is 46.3 Å². The van der Waals surface area contributed by atoms with Gasteiger partial charge in [-0.15, -0.1) is 5.11 Å². The first-order valence-electron chi connectivity index (χ1n) is 8.62. The smallest absolute Gasteiger partial charge is 0.243 e. The van der Waals surface area contributed by atoms with Crippen LogP contribution in [0.2, 0.25) is 0 Å². The van der Waals surface area contributed by atoms with E-state index >= 15 is 0 Å². The number of azo groups is 1. The van der Waals surface area contributed by atoms with Crippen LogP contribution in [0.15, 0.2) is 51.5 Å². The van der Waals surface area contributed by atoms with Gasteiger partial charge in [-0.3, -0.25) is 0 Å². The number of nitrogen functional groups attached to an aromatic ring is 1. The minimum Gasteiger partial charge on any atom is -0.495 e. The fourth-order valence-corrected chi connectivity index (χ4v) is 3.93. The molecule has 11 heteroatoms. The van der Waals surface area contributed by atoms with Crippen LogP contribution in [-0.4, -0.2) is 63.5 Å². The van der Waals surface area contributed by atoms with Gasteiger partial charge in [0, 0.05) is 25.2 Å². The Bertz CT molecular complexity index is 942. The highest BCUT2D eigenvalue weighted by Gasteiger charge is 2.23. The van der Waals surface area contributed by atoms with E-state index in [0.717, 1.165) is 4.31 Å². The SMILES string of the molecule is COc1cc(N=Nc2ccc(S(=O)(=O)N(CCO)CCO)cc2)c(OC)cc1N. The third-order valence-corrected chi connectivity index (χ3v) is 5.89. The van der Waals surface area contributed by atoms with Crippen molar-refractivity contribution in [3.05, 3.63) is 36.4 Å². The molecular formula is C18H24N4O6S. The summed E-state index contributed by atoms with van der Waals surface area (Å²) in [6.07, 6.45) is 0. The molecule has 4 N–H and O–H groups in total. The second kappa shape index (κ2) is 10.2. The van der Waals surface area contributed by atoms with Gasteiger partial charge in [0.05, 0.1) is 43.7 Å². The Labute approximate surface area is 169 Å². The molecule has 0 aliphatic rings. The normalized spacial score (nSPS) is 11.9. The van der Waals surface area contributed by atoms with Crippen molar-refractivity contribution in [1.82, 2.24) is 4.31 Å². The third kappa shape index (κ3) is 5.41. The molecule has 0 unspecified atom stereocenters. The summed E-state index contributed by atoms with van der Waals surface area (Å²) in [5.41, 5.74) is 7.05. The first-order chi connectivity index (χ1) is 13.9. The second-order valence-corrected chi connectivity index (χ2v) is 7.75. The molecule has 0 spiro atoms. The summed E-state index contributed by atoms with van der Waals surface area (Å²) in [7, 11) is -0.885. The number of nitrogens with zero attached hydrogens (tertiary/aromatic N) is 3. The largest absolute Gasteiger partial charge is 0.495 e. The zero-order chi connectivity index (χ0) is 21.4. The van der Waals surface area contributed by atoms with Crippen LogP contribution >= 0.6 is 0 Å². The molecule has 0 fully saturated rings. The molecule has 10 nitrogen and oxygen atoms in total. The van der Waals surface area contributed by atoms with Crippen LogP contribution in [0.4, 0.5) is 17.1 Å². The molecule has 2 aromatic rings. The highest BCUT2D eigenvalue weighted by Crippen LogP contribution is 2.37. The minimum atomic E-state index is -3.84.